The van der Waals surface area contributed by atoms with E-state index in [1.54, 1.807) is 12.7 Å². The van der Waals surface area contributed by atoms with Crippen LogP contribution in [0.15, 0.2) is 116 Å². The lowest BCUT2D eigenvalue weighted by atomic mass is 10.1. The minimum atomic E-state index is 0.930. The molecule has 0 unspecified atom stereocenters. The highest BCUT2D eigenvalue weighted by atomic mass is 15.1. The molecule has 5 rings (SSSR count). The molecule has 37 heavy (non-hydrogen) atoms. The Morgan fingerprint density at radius 3 is 1.35 bits per heavy atom. The molecule has 0 saturated carbocycles. The first-order valence-electron chi connectivity index (χ1n) is 12.2. The number of nitrogens with zero attached hydrogens (tertiary/aromatic N) is 5. The van der Waals surface area contributed by atoms with Crippen molar-refractivity contribution in [3.05, 3.63) is 139 Å². The summed E-state index contributed by atoms with van der Waals surface area (Å²) in [6.07, 6.45) is 15.8. The van der Waals surface area contributed by atoms with Crippen LogP contribution in [0.2, 0.25) is 0 Å². The molecule has 0 N–H and O–H groups in total. The van der Waals surface area contributed by atoms with Crippen LogP contribution in [0.3, 0.4) is 0 Å². The van der Waals surface area contributed by atoms with Gasteiger partial charge < -0.3 is 4.90 Å². The van der Waals surface area contributed by atoms with Gasteiger partial charge in [-0.05, 0) is 69.6 Å². The summed E-state index contributed by atoms with van der Waals surface area (Å²) in [6, 6.07) is 31.6. The summed E-state index contributed by atoms with van der Waals surface area (Å²) in [4.78, 5) is 11.1. The highest BCUT2D eigenvalue weighted by Crippen LogP contribution is 2.34. The molecule has 0 saturated heterocycles. The van der Waals surface area contributed by atoms with Crippen LogP contribution >= 0.6 is 0 Å². The molecule has 0 spiro atoms. The summed E-state index contributed by atoms with van der Waals surface area (Å²) >= 11 is 0. The van der Waals surface area contributed by atoms with Crippen molar-refractivity contribution >= 4 is 41.4 Å². The molecule has 3 aromatic carbocycles. The summed E-state index contributed by atoms with van der Waals surface area (Å²) < 4.78 is 3.85. The van der Waals surface area contributed by atoms with E-state index in [1.165, 1.54) is 0 Å². The molecule has 5 aromatic rings. The van der Waals surface area contributed by atoms with Gasteiger partial charge in [0.15, 0.2) is 11.4 Å². The predicted molar refractivity (Wildman–Crippen MR) is 150 cm³/mol. The zero-order chi connectivity index (χ0) is 25.5. The van der Waals surface area contributed by atoms with Crippen molar-refractivity contribution in [1.82, 2.24) is 9.97 Å². The van der Waals surface area contributed by atoms with Crippen molar-refractivity contribution in [3.8, 4) is 0 Å². The van der Waals surface area contributed by atoms with Crippen molar-refractivity contribution in [1.29, 1.82) is 0 Å². The number of anilines is 3. The maximum absolute atomic E-state index is 4.42. The van der Waals surface area contributed by atoms with Crippen LogP contribution in [-0.2, 0) is 14.1 Å². The number of para-hydroxylation sites is 1. The first kappa shape index (κ1) is 23.8. The highest BCUT2D eigenvalue weighted by molar-refractivity contribution is 5.79. The second-order valence-electron chi connectivity index (χ2n) is 8.82. The summed E-state index contributed by atoms with van der Waals surface area (Å²) in [5.41, 5.74) is 7.40. The fourth-order valence-electron chi connectivity index (χ4n) is 3.92. The van der Waals surface area contributed by atoms with Crippen LogP contribution in [-0.4, -0.2) is 9.97 Å². The van der Waals surface area contributed by atoms with E-state index in [9.17, 15) is 0 Å². The Hall–Kier alpha value is -4.90. The smallest absolute Gasteiger partial charge is 0.286 e. The van der Waals surface area contributed by atoms with Crippen LogP contribution in [0.5, 0.6) is 0 Å². The van der Waals surface area contributed by atoms with E-state index in [1.807, 2.05) is 66.0 Å². The molecule has 0 aliphatic carbocycles. The monoisotopic (exact) mass is 483 g/mol. The third-order valence-electron chi connectivity index (χ3n) is 5.95. The molecule has 5 nitrogen and oxygen atoms in total. The lowest BCUT2D eigenvalue weighted by molar-refractivity contribution is -0.674. The van der Waals surface area contributed by atoms with E-state index < -0.39 is 0 Å². The van der Waals surface area contributed by atoms with Crippen molar-refractivity contribution in [3.63, 3.8) is 0 Å². The van der Waals surface area contributed by atoms with Crippen molar-refractivity contribution in [2.75, 3.05) is 4.90 Å². The molecule has 0 amide bonds. The summed E-state index contributed by atoms with van der Waals surface area (Å²) in [5, 5.41) is 0. The highest BCUT2D eigenvalue weighted by Gasteiger charge is 2.12. The fraction of sp³-hybridized carbons (Fsp3) is 0.0625. The molecule has 0 aliphatic rings. The van der Waals surface area contributed by atoms with Crippen LogP contribution in [0.25, 0.3) is 24.3 Å². The Bertz CT molecular complexity index is 1390. The van der Waals surface area contributed by atoms with Gasteiger partial charge in [0.05, 0.1) is 26.5 Å². The molecular weight excluding hydrogens is 454 g/mol. The van der Waals surface area contributed by atoms with E-state index in [0.717, 1.165) is 39.6 Å². The molecule has 180 valence electrons. The largest absolute Gasteiger partial charge is 0.311 e. The maximum Gasteiger partial charge on any atom is 0.286 e. The Morgan fingerprint density at radius 2 is 0.946 bits per heavy atom. The van der Waals surface area contributed by atoms with E-state index in [4.69, 9.17) is 0 Å². The Balaban J connectivity index is 1.38. The van der Waals surface area contributed by atoms with Gasteiger partial charge in [-0.25, -0.2) is 9.13 Å². The standard InChI is InChI=1S/C32H29N5/c1-35-22-20-28(33-24-35)14-8-26-10-16-31(17-11-26)37(30-6-4-3-5-7-30)32-18-12-27(13-19-32)9-15-29-21-23-36(2)25-34-29/h3-25H,1-2H3/q+2. The number of aryl methyl sites for hydroxylation is 2. The molecule has 5 heteroatoms. The van der Waals surface area contributed by atoms with Gasteiger partial charge in [0.1, 0.15) is 0 Å². The molecule has 0 fully saturated rings. The number of hydrogen-bond acceptors (Lipinski definition) is 3. The van der Waals surface area contributed by atoms with Crippen molar-refractivity contribution in [2.24, 2.45) is 14.1 Å². The summed E-state index contributed by atoms with van der Waals surface area (Å²) in [7, 11) is 3.92. The quantitative estimate of drug-likeness (QED) is 0.269. The number of aromatic nitrogens is 4. The van der Waals surface area contributed by atoms with Gasteiger partial charge >= 0.3 is 0 Å². The lowest BCUT2D eigenvalue weighted by Gasteiger charge is -2.25. The zero-order valence-corrected chi connectivity index (χ0v) is 21.0. The second-order valence-corrected chi connectivity index (χ2v) is 8.82. The van der Waals surface area contributed by atoms with E-state index in [2.05, 4.69) is 99.8 Å². The Labute approximate surface area is 218 Å². The minimum Gasteiger partial charge on any atom is -0.311 e. The molecule has 0 atom stereocenters. The average molecular weight is 484 g/mol. The predicted octanol–water partition coefficient (Wildman–Crippen LogP) is 5.94. The lowest BCUT2D eigenvalue weighted by Crippen LogP contribution is -2.27. The Morgan fingerprint density at radius 1 is 0.514 bits per heavy atom. The number of hydrogen-bond donors (Lipinski definition) is 0. The third-order valence-corrected chi connectivity index (χ3v) is 5.95. The number of benzene rings is 3. The van der Waals surface area contributed by atoms with E-state index in [-0.39, 0.29) is 0 Å². The molecule has 2 aromatic heterocycles. The van der Waals surface area contributed by atoms with Gasteiger partial charge in [-0.1, -0.05) is 54.6 Å². The number of rotatable bonds is 7. The van der Waals surface area contributed by atoms with Crippen molar-refractivity contribution in [2.45, 2.75) is 0 Å². The second kappa shape index (κ2) is 11.2. The van der Waals surface area contributed by atoms with Crippen molar-refractivity contribution < 1.29 is 9.13 Å². The summed E-state index contributed by atoms with van der Waals surface area (Å²) in [5.74, 6) is 0. The average Bonchev–Trinajstić information content (AvgIpc) is 2.95. The van der Waals surface area contributed by atoms with Crippen LogP contribution in [0, 0.1) is 0 Å². The topological polar surface area (TPSA) is 36.8 Å². The van der Waals surface area contributed by atoms with Crippen LogP contribution in [0.1, 0.15) is 22.5 Å². The molecule has 0 bridgehead atoms. The molecule has 0 radical (unpaired) electrons. The van der Waals surface area contributed by atoms with Gasteiger partial charge in [-0.2, -0.15) is 0 Å². The zero-order valence-electron chi connectivity index (χ0n) is 21.0. The van der Waals surface area contributed by atoms with Gasteiger partial charge in [-0.3, -0.25) is 0 Å². The first-order valence-corrected chi connectivity index (χ1v) is 12.2. The first-order chi connectivity index (χ1) is 18.1. The Kier molecular flexibility index (Phi) is 7.23. The molecule has 0 aliphatic heterocycles. The third kappa shape index (κ3) is 6.21. The summed E-state index contributed by atoms with van der Waals surface area (Å²) in [6.45, 7) is 0. The van der Waals surface area contributed by atoms with Gasteiger partial charge in [0.2, 0.25) is 0 Å². The minimum absolute atomic E-state index is 0.930. The van der Waals surface area contributed by atoms with Crippen LogP contribution in [0.4, 0.5) is 17.1 Å². The van der Waals surface area contributed by atoms with Gasteiger partial charge in [0.25, 0.3) is 12.7 Å². The van der Waals surface area contributed by atoms with E-state index in [0.29, 0.717) is 0 Å². The maximum atomic E-state index is 4.42. The van der Waals surface area contributed by atoms with Gasteiger partial charge in [-0.15, -0.1) is 0 Å². The molecular formula is C32H29N5+2. The van der Waals surface area contributed by atoms with Crippen LogP contribution < -0.4 is 14.0 Å². The SMILES string of the molecule is C[n+]1ccc(/C=C/c2ccc(N(c3ccccc3)c3ccc(/C=C/c4cc[n+](C)cn4)cc3)cc2)nc1. The van der Waals surface area contributed by atoms with E-state index >= 15 is 0 Å². The normalized spacial score (nSPS) is 11.3. The van der Waals surface area contributed by atoms with Gasteiger partial charge in [0, 0.05) is 29.2 Å². The molecule has 2 heterocycles. The fourth-order valence-corrected chi connectivity index (χ4v) is 3.92.